The second kappa shape index (κ2) is 7.37. The molecule has 1 amide bonds. The highest BCUT2D eigenvalue weighted by Crippen LogP contribution is 2.14. The molecule has 0 radical (unpaired) electrons. The van der Waals surface area contributed by atoms with Gasteiger partial charge in [-0.25, -0.2) is 9.37 Å². The van der Waals surface area contributed by atoms with Gasteiger partial charge in [-0.3, -0.25) is 9.48 Å². The van der Waals surface area contributed by atoms with Gasteiger partial charge in [0.15, 0.2) is 11.6 Å². The Labute approximate surface area is 122 Å². The molecular formula is C14H17FN4O2. The van der Waals surface area contributed by atoms with E-state index in [1.54, 1.807) is 41.2 Å². The molecule has 0 unspecified atom stereocenters. The summed E-state index contributed by atoms with van der Waals surface area (Å²) >= 11 is 0. The smallest absolute Gasteiger partial charge is 0.224 e. The summed E-state index contributed by atoms with van der Waals surface area (Å²) in [6.45, 7) is 1.12. The fraction of sp³-hybridized carbons (Fsp3) is 0.357. The summed E-state index contributed by atoms with van der Waals surface area (Å²) in [6, 6.07) is 6.19. The minimum Gasteiger partial charge on any atom is -0.489 e. The van der Waals surface area contributed by atoms with E-state index >= 15 is 0 Å². The second-order valence-corrected chi connectivity index (χ2v) is 4.50. The van der Waals surface area contributed by atoms with Gasteiger partial charge >= 0.3 is 0 Å². The van der Waals surface area contributed by atoms with Crippen LogP contribution in [0, 0.1) is 5.82 Å². The minimum absolute atomic E-state index is 0.0253. The molecule has 6 nitrogen and oxygen atoms in total. The molecule has 7 heteroatoms. The maximum absolute atomic E-state index is 13.3. The van der Waals surface area contributed by atoms with E-state index in [2.05, 4.69) is 10.1 Å². The number of halogens is 1. The van der Waals surface area contributed by atoms with Crippen molar-refractivity contribution in [2.75, 3.05) is 20.2 Å². The molecule has 0 atom stereocenters. The summed E-state index contributed by atoms with van der Waals surface area (Å²) in [5.74, 6) is -0.235. The number of ether oxygens (including phenoxy) is 1. The van der Waals surface area contributed by atoms with Gasteiger partial charge in [0.1, 0.15) is 19.3 Å². The Hall–Kier alpha value is -2.44. The third kappa shape index (κ3) is 4.55. The number of likely N-dealkylation sites (N-methyl/N-ethyl adjacent to an activating group) is 1. The molecule has 0 bridgehead atoms. The number of aromatic nitrogens is 3. The van der Waals surface area contributed by atoms with Crippen LogP contribution >= 0.6 is 0 Å². The van der Waals surface area contributed by atoms with E-state index in [1.165, 1.54) is 12.4 Å². The molecule has 0 aliphatic rings. The number of para-hydroxylation sites is 1. The Balaban J connectivity index is 1.70. The average molecular weight is 292 g/mol. The Kier molecular flexibility index (Phi) is 5.25. The standard InChI is InChI=1S/C14H17FN4O2/c1-18(14(20)6-7-19-11-16-10-17-19)8-9-21-13-5-3-2-4-12(13)15/h2-5,10-11H,6-9H2,1H3. The first kappa shape index (κ1) is 15.0. The monoisotopic (exact) mass is 292 g/mol. The molecule has 21 heavy (non-hydrogen) atoms. The zero-order chi connectivity index (χ0) is 15.1. The van der Waals surface area contributed by atoms with Gasteiger partial charge in [0.25, 0.3) is 0 Å². The molecule has 0 saturated heterocycles. The summed E-state index contributed by atoms with van der Waals surface area (Å²) < 4.78 is 20.2. The van der Waals surface area contributed by atoms with Crippen LogP contribution in [0.15, 0.2) is 36.9 Å². The van der Waals surface area contributed by atoms with E-state index in [-0.39, 0.29) is 18.3 Å². The molecular weight excluding hydrogens is 275 g/mol. The minimum atomic E-state index is -0.405. The van der Waals surface area contributed by atoms with Crippen LogP contribution in [0.3, 0.4) is 0 Å². The second-order valence-electron chi connectivity index (χ2n) is 4.50. The van der Waals surface area contributed by atoms with Crippen molar-refractivity contribution in [1.82, 2.24) is 19.7 Å². The lowest BCUT2D eigenvalue weighted by Gasteiger charge is -2.17. The number of rotatable bonds is 7. The Morgan fingerprint density at radius 3 is 2.95 bits per heavy atom. The Morgan fingerprint density at radius 1 is 1.43 bits per heavy atom. The van der Waals surface area contributed by atoms with E-state index in [4.69, 9.17) is 4.74 Å². The quantitative estimate of drug-likeness (QED) is 0.773. The Morgan fingerprint density at radius 2 is 2.24 bits per heavy atom. The van der Waals surface area contributed by atoms with Gasteiger partial charge in [-0.15, -0.1) is 0 Å². The van der Waals surface area contributed by atoms with E-state index in [0.29, 0.717) is 19.5 Å². The Bertz CT molecular complexity index is 574. The van der Waals surface area contributed by atoms with Crippen LogP contribution in [-0.2, 0) is 11.3 Å². The third-order valence-electron chi connectivity index (χ3n) is 2.97. The molecule has 0 saturated carbocycles. The van der Waals surface area contributed by atoms with Gasteiger partial charge in [-0.2, -0.15) is 5.10 Å². The van der Waals surface area contributed by atoms with Crippen molar-refractivity contribution in [3.8, 4) is 5.75 Å². The molecule has 0 spiro atoms. The van der Waals surface area contributed by atoms with Crippen LogP contribution in [0.25, 0.3) is 0 Å². The van der Waals surface area contributed by atoms with Crippen molar-refractivity contribution in [3.63, 3.8) is 0 Å². The van der Waals surface area contributed by atoms with Crippen molar-refractivity contribution in [1.29, 1.82) is 0 Å². The predicted molar refractivity (Wildman–Crippen MR) is 74.2 cm³/mol. The highest BCUT2D eigenvalue weighted by molar-refractivity contribution is 5.75. The summed E-state index contributed by atoms with van der Waals surface area (Å²) in [7, 11) is 1.69. The molecule has 1 heterocycles. The molecule has 2 rings (SSSR count). The molecule has 0 aliphatic carbocycles. The van der Waals surface area contributed by atoms with Crippen LogP contribution in [0.2, 0.25) is 0 Å². The predicted octanol–water partition coefficient (Wildman–Crippen LogP) is 1.34. The number of benzene rings is 1. The first-order valence-electron chi connectivity index (χ1n) is 6.60. The van der Waals surface area contributed by atoms with Crippen molar-refractivity contribution in [3.05, 3.63) is 42.7 Å². The lowest BCUT2D eigenvalue weighted by Crippen LogP contribution is -2.31. The van der Waals surface area contributed by atoms with Gasteiger partial charge in [-0.1, -0.05) is 12.1 Å². The number of carbonyl (C=O) groups excluding carboxylic acids is 1. The van der Waals surface area contributed by atoms with Crippen molar-refractivity contribution < 1.29 is 13.9 Å². The lowest BCUT2D eigenvalue weighted by atomic mass is 10.3. The zero-order valence-corrected chi connectivity index (χ0v) is 11.8. The fourth-order valence-electron chi connectivity index (χ4n) is 1.73. The zero-order valence-electron chi connectivity index (χ0n) is 11.8. The first-order chi connectivity index (χ1) is 10.2. The fourth-order valence-corrected chi connectivity index (χ4v) is 1.73. The van der Waals surface area contributed by atoms with Gasteiger partial charge in [-0.05, 0) is 12.1 Å². The molecule has 0 aliphatic heterocycles. The molecule has 1 aromatic heterocycles. The topological polar surface area (TPSA) is 60.2 Å². The highest BCUT2D eigenvalue weighted by Gasteiger charge is 2.09. The van der Waals surface area contributed by atoms with E-state index in [1.807, 2.05) is 0 Å². The maximum Gasteiger partial charge on any atom is 0.224 e. The molecule has 112 valence electrons. The van der Waals surface area contributed by atoms with Crippen molar-refractivity contribution >= 4 is 5.91 Å². The number of aryl methyl sites for hydroxylation is 1. The van der Waals surface area contributed by atoms with Crippen LogP contribution in [0.5, 0.6) is 5.75 Å². The van der Waals surface area contributed by atoms with E-state index < -0.39 is 5.82 Å². The highest BCUT2D eigenvalue weighted by atomic mass is 19.1. The SMILES string of the molecule is CN(CCOc1ccccc1F)C(=O)CCn1cncn1. The maximum atomic E-state index is 13.3. The number of amides is 1. The van der Waals surface area contributed by atoms with Gasteiger partial charge < -0.3 is 9.64 Å². The van der Waals surface area contributed by atoms with Crippen LogP contribution < -0.4 is 4.74 Å². The number of carbonyl (C=O) groups is 1. The van der Waals surface area contributed by atoms with Crippen molar-refractivity contribution in [2.24, 2.45) is 0 Å². The molecule has 1 aromatic carbocycles. The summed E-state index contributed by atoms with van der Waals surface area (Å²) in [6.07, 6.45) is 3.32. The first-order valence-corrected chi connectivity index (χ1v) is 6.60. The van der Waals surface area contributed by atoms with E-state index in [9.17, 15) is 9.18 Å². The van der Waals surface area contributed by atoms with Gasteiger partial charge in [0.05, 0.1) is 13.1 Å². The normalized spacial score (nSPS) is 10.4. The number of hydrogen-bond acceptors (Lipinski definition) is 4. The summed E-state index contributed by atoms with van der Waals surface area (Å²) in [4.78, 5) is 17.2. The van der Waals surface area contributed by atoms with Gasteiger partial charge in [0, 0.05) is 13.5 Å². The lowest BCUT2D eigenvalue weighted by molar-refractivity contribution is -0.130. The molecule has 0 N–H and O–H groups in total. The molecule has 2 aromatic rings. The average Bonchev–Trinajstić information content (AvgIpc) is 3.00. The largest absolute Gasteiger partial charge is 0.489 e. The van der Waals surface area contributed by atoms with Crippen LogP contribution in [-0.4, -0.2) is 45.8 Å². The summed E-state index contributed by atoms with van der Waals surface area (Å²) in [5, 5.41) is 3.93. The number of nitrogens with zero attached hydrogens (tertiary/aromatic N) is 4. The van der Waals surface area contributed by atoms with Gasteiger partial charge in [0.2, 0.25) is 5.91 Å². The van der Waals surface area contributed by atoms with E-state index in [0.717, 1.165) is 0 Å². The van der Waals surface area contributed by atoms with Crippen LogP contribution in [0.1, 0.15) is 6.42 Å². The van der Waals surface area contributed by atoms with Crippen LogP contribution in [0.4, 0.5) is 4.39 Å². The molecule has 0 fully saturated rings. The summed E-state index contributed by atoms with van der Waals surface area (Å²) in [5.41, 5.74) is 0. The van der Waals surface area contributed by atoms with Crippen molar-refractivity contribution in [2.45, 2.75) is 13.0 Å². The number of hydrogen-bond donors (Lipinski definition) is 0. The third-order valence-corrected chi connectivity index (χ3v) is 2.97.